The van der Waals surface area contributed by atoms with Crippen molar-refractivity contribution in [1.29, 1.82) is 0 Å². The number of carbonyl (C=O) groups is 1. The first-order valence-electron chi connectivity index (χ1n) is 25.1. The molecule has 0 saturated heterocycles. The summed E-state index contributed by atoms with van der Waals surface area (Å²) in [5, 5.41) is 0. The standard InChI is InChI=1S/C15H21NOSi.S115/c1-15(2,3)14-13(8-10-18(4,5)6)12(11-17)7-9-16-14;1-3-5-7-9-11-13-15-17-19-21-23-25-27-29-31-33-35-37-39-41-43-45-47-49-51-53-55-57-59-61-63-65-67-69-71-73-75-77-79-81-83-85-87-89-91-93-95-97-99-101-103-105-107-109-111-113-115-114-112-110-108-106-104-102-100-98-96-94-92-90-88-86-84-82-80-78-76-74-72-70-68-66-64-62-60-58-56-54-52-50-48-46-44-42-40-38-36-34-32-30-28-26-24-22-20-18-16-14-12-10-8-6-4-2/h7,9,11H,1-6H3;. The molecule has 1 rings (SSSR count). The van der Waals surface area contributed by atoms with Gasteiger partial charge in [0.05, 0.1) is 11.3 Å². The van der Waals surface area contributed by atoms with Gasteiger partial charge in [-0.05, 0) is 6.07 Å². The Kier molecular flexibility index (Phi) is 164. The molecular weight excluding hydrogens is 3930 g/mol. The number of rotatable bonds is 1. The van der Waals surface area contributed by atoms with Crippen LogP contribution in [0.15, 0.2) is 12.3 Å². The normalized spacial score (nSPS) is 8.41. The van der Waals surface area contributed by atoms with E-state index < -0.39 is 8.07 Å². The number of pyridine rings is 1. The van der Waals surface area contributed by atoms with Crippen LogP contribution in [-0.2, 0) is 1030 Å². The molecule has 0 fully saturated rings. The minimum Gasteiger partial charge on any atom is -0.298 e. The molecule has 0 saturated carbocycles. The lowest BCUT2D eigenvalue weighted by atomic mass is 9.87. The van der Waals surface area contributed by atoms with E-state index in [1.54, 1.807) is 119 Å². The highest BCUT2D eigenvalue weighted by Crippen LogP contribution is 2.25. The fraction of sp³-hybridized carbons (Fsp3) is 0.467. The number of aldehydes is 1. The number of hydrogen-bond donors (Lipinski definition) is 0. The van der Waals surface area contributed by atoms with Crippen LogP contribution in [0.2, 0.25) is 19.6 Å². The van der Waals surface area contributed by atoms with E-state index in [2.05, 4.69) is 56.9 Å². The maximum atomic E-state index is 11.1. The summed E-state index contributed by atoms with van der Waals surface area (Å²) in [6.07, 6.45) is 2.55. The van der Waals surface area contributed by atoms with Crippen molar-refractivity contribution in [3.63, 3.8) is 0 Å². The zero-order valence-electron chi connectivity index (χ0n) is 59.0. The fourth-order valence-corrected chi connectivity index (χ4v) is 308. The highest BCUT2D eigenvalue weighted by Gasteiger charge is 2.21. The van der Waals surface area contributed by atoms with Gasteiger partial charge in [0.2, 0.25) is 0 Å². The molecule has 1 aromatic rings. The van der Waals surface area contributed by atoms with Crippen molar-refractivity contribution in [2.75, 3.05) is 0 Å². The van der Waals surface area contributed by atoms with Gasteiger partial charge < -0.3 is 0 Å². The van der Waals surface area contributed by atoms with Gasteiger partial charge in [-0.25, -0.2) is 0 Å². The molecule has 0 aliphatic heterocycles. The van der Waals surface area contributed by atoms with E-state index in [0.29, 0.717) is 5.56 Å². The van der Waals surface area contributed by atoms with E-state index in [1.165, 1.54) is 17.8 Å². The molecule has 0 aliphatic rings. The summed E-state index contributed by atoms with van der Waals surface area (Å²) in [7, 11) is 203. The first kappa shape index (κ1) is 157. The zero-order valence-corrected chi connectivity index (χ0v) is 154. The smallest absolute Gasteiger partial charge is 0.151 e. The van der Waals surface area contributed by atoms with Gasteiger partial charge in [0.1, 0.15) is 8.07 Å². The van der Waals surface area contributed by atoms with Crippen LogP contribution in [0.3, 0.4) is 0 Å². The molecule has 0 radical (unpaired) electrons. The number of carbonyl (C=O) groups excluding carboxylic acids is 1. The Balaban J connectivity index is 0.00000857. The maximum Gasteiger partial charge on any atom is 0.151 e. The molecule has 133 heavy (non-hydrogen) atoms. The Morgan fingerprint density at radius 2 is 0.316 bits per heavy atom. The summed E-state index contributed by atoms with van der Waals surface area (Å²) in [4.78, 5) is 15.6. The molecule has 0 N–H and O–H groups in total. The lowest BCUT2D eigenvalue weighted by molar-refractivity contribution is 0.112. The monoisotopic (exact) mass is 3940 g/mol. The molecule has 1 heterocycles. The predicted octanol–water partition coefficient (Wildman–Crippen LogP) is 3.14. The Bertz CT molecular complexity index is 9740. The number of nitrogens with zero attached hydrogens (tertiary/aromatic N) is 1. The van der Waals surface area contributed by atoms with E-state index in [9.17, 15) is 4.79 Å². The Morgan fingerprint density at radius 3 is 0.398 bits per heavy atom. The second-order valence-electron chi connectivity index (χ2n) is 14.2. The minimum atomic E-state index is -1.46. The van der Waals surface area contributed by atoms with Crippen LogP contribution in [0, 0.1) is 11.5 Å². The Hall–Kier alpha value is 23.9. The maximum absolute atomic E-state index is 11.1. The third-order valence-electron chi connectivity index (χ3n) is 5.49. The van der Waals surface area contributed by atoms with Crippen LogP contribution in [0.4, 0.5) is 0 Å². The van der Waals surface area contributed by atoms with E-state index in [1.807, 2.05) is 879 Å². The molecule has 0 atom stereocenters. The van der Waals surface area contributed by atoms with Crippen molar-refractivity contribution in [2.45, 2.75) is 45.8 Å². The molecule has 0 aromatic carbocycles. The summed E-state index contributed by atoms with van der Waals surface area (Å²) in [6, 6.07) is 1.73. The van der Waals surface area contributed by atoms with Gasteiger partial charge in [0.15, 0.2) is 6.29 Å². The van der Waals surface area contributed by atoms with Crippen molar-refractivity contribution in [1.82, 2.24) is 4.98 Å². The molecule has 786 valence electrons. The summed E-state index contributed by atoms with van der Waals surface area (Å²) >= 11 is 9.67. The van der Waals surface area contributed by atoms with Gasteiger partial charge in [-0.15, -0.1) is 5.54 Å². The average Bonchev–Trinajstić information content (AvgIpc) is 0.809. The van der Waals surface area contributed by atoms with Crippen LogP contribution in [0.1, 0.15) is 42.4 Å². The third-order valence-corrected chi connectivity index (χ3v) is 255. The van der Waals surface area contributed by atoms with E-state index in [-0.39, 0.29) is 5.41 Å². The molecular formula is C15H21NOS115Si. The van der Waals surface area contributed by atoms with Gasteiger partial charge in [0, 0.05) is 1040 Å². The second kappa shape index (κ2) is 139. The first-order valence-corrected chi connectivity index (χ1v) is 181. The highest BCUT2D eigenvalue weighted by atomic mass is 33.6. The third kappa shape index (κ3) is 137. The number of hydrogen-bond acceptors (Lipinski definition) is 4. The summed E-state index contributed by atoms with van der Waals surface area (Å²) in [5.74, 6) is 3.20. The van der Waals surface area contributed by atoms with E-state index in [4.69, 9.17) is 22.4 Å². The van der Waals surface area contributed by atoms with Gasteiger partial charge in [-0.2, -0.15) is 0 Å². The second-order valence-corrected chi connectivity index (χ2v) is 219. The average molecular weight is 3950 g/mol. The molecule has 0 amide bonds. The summed E-state index contributed by atoms with van der Waals surface area (Å²) < 4.78 is 0. The molecule has 0 bridgehead atoms. The van der Waals surface area contributed by atoms with Crippen LogP contribution < -0.4 is 0 Å². The minimum absolute atomic E-state index is 0.109. The van der Waals surface area contributed by atoms with Crippen LogP contribution in [0.5, 0.6) is 0 Å². The molecule has 0 spiro atoms. The molecule has 1 aromatic heterocycles. The molecule has 0 unspecified atom stereocenters. The highest BCUT2D eigenvalue weighted by molar-refractivity contribution is 8.89. The Labute approximate surface area is 1100 Å². The predicted molar refractivity (Wildman–Crippen MR) is 926 cm³/mol. The SMILES string of the molecule is CC(C)(C)c1nccc(C=O)c1C#C[Si](C)(C)C.S=S=S=S=S=S=S=S=S=S=S=S=S=S=S=S=S=S=S=S=S=S=S=S=S=S=S=S=S=S=S=S=S=S=S=S=S=S=S=S=S=S=S=S=S=S=S=S=S=S=S=S=S=S=S=S=S=S=S=S=S=S=S=S=S=S=S=S=S=S=S=S=S=S=S=S=S=S=S=S=S=S=S=S=S=S=S=S=S=S=S=S=S=S=S=S=S=S=S=S=S=S=S=S=S=S=S=S=S=S=S=S=S=S=S. The van der Waals surface area contributed by atoms with Gasteiger partial charge in [-0.1, -0.05) is 46.3 Å². The molecule has 118 heteroatoms. The summed E-state index contributed by atoms with van der Waals surface area (Å²) in [5.41, 5.74) is 5.54. The topological polar surface area (TPSA) is 30.0 Å². The van der Waals surface area contributed by atoms with Crippen molar-refractivity contribution in [2.24, 2.45) is 0 Å². The van der Waals surface area contributed by atoms with Crippen molar-refractivity contribution < 1.29 is 4.79 Å². The quantitative estimate of drug-likeness (QED) is 0.246. The molecule has 0 aliphatic carbocycles. The largest absolute Gasteiger partial charge is 0.298 e. The van der Waals surface area contributed by atoms with Gasteiger partial charge in [-0.3, -0.25) is 9.78 Å². The van der Waals surface area contributed by atoms with Crippen molar-refractivity contribution in [3.8, 4) is 11.5 Å². The zero-order chi connectivity index (χ0) is 95.9. The van der Waals surface area contributed by atoms with E-state index in [0.717, 1.165) is 17.5 Å². The van der Waals surface area contributed by atoms with Crippen molar-refractivity contribution in [3.05, 3.63) is 29.1 Å². The number of aromatic nitrogens is 1. The Morgan fingerprint density at radius 1 is 0.211 bits per heavy atom. The van der Waals surface area contributed by atoms with Crippen LogP contribution in [-0.4, -0.2) is 19.3 Å². The van der Waals surface area contributed by atoms with Crippen LogP contribution in [0.25, 0.3) is 0 Å². The van der Waals surface area contributed by atoms with Crippen LogP contribution >= 0.6 is 0 Å². The summed E-state index contributed by atoms with van der Waals surface area (Å²) in [6.45, 7) is 12.8. The molecule has 2 nitrogen and oxygen atoms in total. The first-order chi connectivity index (χ1) is 65.6. The van der Waals surface area contributed by atoms with Gasteiger partial charge >= 0.3 is 0 Å². The lowest BCUT2D eigenvalue weighted by Crippen LogP contribution is -2.19. The fourth-order valence-electron chi connectivity index (χ4n) is 2.78. The van der Waals surface area contributed by atoms with Gasteiger partial charge in [0.25, 0.3) is 0 Å². The van der Waals surface area contributed by atoms with Crippen molar-refractivity contribution >= 4 is 1040 Å². The van der Waals surface area contributed by atoms with E-state index >= 15 is 0 Å². The lowest BCUT2D eigenvalue weighted by Gasteiger charge is -2.20.